The van der Waals surface area contributed by atoms with E-state index in [1.54, 1.807) is 0 Å². The molecule has 1 rings (SSSR count). The van der Waals surface area contributed by atoms with Crippen LogP contribution in [-0.4, -0.2) is 31.6 Å². The molecule has 1 unspecified atom stereocenters. The van der Waals surface area contributed by atoms with Crippen LogP contribution in [0.3, 0.4) is 0 Å². The molecule has 0 saturated heterocycles. The van der Waals surface area contributed by atoms with E-state index >= 15 is 0 Å². The Bertz CT molecular complexity index is 354. The van der Waals surface area contributed by atoms with Gasteiger partial charge >= 0.3 is 0 Å². The van der Waals surface area contributed by atoms with Crippen molar-refractivity contribution in [2.75, 3.05) is 26.7 Å². The average molecular weight is 283 g/mol. The van der Waals surface area contributed by atoms with Gasteiger partial charge in [0.15, 0.2) is 0 Å². The fourth-order valence-electron chi connectivity index (χ4n) is 2.18. The topological polar surface area (TPSA) is 15.3 Å². The second-order valence-electron chi connectivity index (χ2n) is 5.13. The summed E-state index contributed by atoms with van der Waals surface area (Å²) in [6.45, 7) is 7.75. The molecule has 0 aliphatic rings. The Morgan fingerprint density at radius 1 is 1.26 bits per heavy atom. The Balaban J connectivity index is 2.27. The predicted octanol–water partition coefficient (Wildman–Crippen LogP) is 4.11. The summed E-state index contributed by atoms with van der Waals surface area (Å²) in [6, 6.07) is 8.59. The standard InChI is InChI=1S/C16H27ClN2/c1-4-18-11-6-5-7-12-19(3)14(2)15-9-8-10-16(17)13-15/h8-10,13-14,18H,4-7,11-12H2,1-3H3. The number of hydrogen-bond donors (Lipinski definition) is 1. The van der Waals surface area contributed by atoms with Crippen LogP contribution in [0.5, 0.6) is 0 Å². The summed E-state index contributed by atoms with van der Waals surface area (Å²) in [5, 5.41) is 4.19. The summed E-state index contributed by atoms with van der Waals surface area (Å²) in [6.07, 6.45) is 3.82. The van der Waals surface area contributed by atoms with Crippen LogP contribution in [0.4, 0.5) is 0 Å². The zero-order chi connectivity index (χ0) is 14.1. The fraction of sp³-hybridized carbons (Fsp3) is 0.625. The van der Waals surface area contributed by atoms with E-state index in [4.69, 9.17) is 11.6 Å². The minimum Gasteiger partial charge on any atom is -0.317 e. The van der Waals surface area contributed by atoms with Crippen LogP contribution in [0.2, 0.25) is 5.02 Å². The van der Waals surface area contributed by atoms with Crippen molar-refractivity contribution in [2.24, 2.45) is 0 Å². The summed E-state index contributed by atoms with van der Waals surface area (Å²) < 4.78 is 0. The molecule has 108 valence electrons. The molecule has 0 bridgehead atoms. The van der Waals surface area contributed by atoms with Crippen LogP contribution in [-0.2, 0) is 0 Å². The Labute approximate surface area is 123 Å². The lowest BCUT2D eigenvalue weighted by Crippen LogP contribution is -2.23. The molecule has 1 N–H and O–H groups in total. The molecule has 0 radical (unpaired) electrons. The van der Waals surface area contributed by atoms with E-state index in [1.165, 1.54) is 24.8 Å². The molecule has 1 aromatic rings. The molecule has 0 amide bonds. The quantitative estimate of drug-likeness (QED) is 0.686. The smallest absolute Gasteiger partial charge is 0.0409 e. The van der Waals surface area contributed by atoms with E-state index in [1.807, 2.05) is 12.1 Å². The number of unbranched alkanes of at least 4 members (excludes halogenated alkanes) is 2. The summed E-state index contributed by atoms with van der Waals surface area (Å²) in [4.78, 5) is 2.40. The molecular weight excluding hydrogens is 256 g/mol. The van der Waals surface area contributed by atoms with E-state index < -0.39 is 0 Å². The van der Waals surface area contributed by atoms with Gasteiger partial charge in [-0.3, -0.25) is 4.90 Å². The number of halogens is 1. The molecular formula is C16H27ClN2. The number of hydrogen-bond acceptors (Lipinski definition) is 2. The summed E-state index contributed by atoms with van der Waals surface area (Å²) in [5.74, 6) is 0. The van der Waals surface area contributed by atoms with Crippen LogP contribution >= 0.6 is 11.6 Å². The molecule has 0 aliphatic carbocycles. The first-order valence-corrected chi connectivity index (χ1v) is 7.69. The molecule has 0 spiro atoms. The second-order valence-corrected chi connectivity index (χ2v) is 5.56. The maximum atomic E-state index is 6.04. The van der Waals surface area contributed by atoms with Crippen molar-refractivity contribution in [1.29, 1.82) is 0 Å². The zero-order valence-electron chi connectivity index (χ0n) is 12.5. The Morgan fingerprint density at radius 3 is 2.74 bits per heavy atom. The number of nitrogens with one attached hydrogen (secondary N) is 1. The Hall–Kier alpha value is -0.570. The van der Waals surface area contributed by atoms with Crippen LogP contribution in [0, 0.1) is 0 Å². The second kappa shape index (κ2) is 9.35. The molecule has 3 heteroatoms. The van der Waals surface area contributed by atoms with E-state index in [0.29, 0.717) is 6.04 Å². The van der Waals surface area contributed by atoms with Crippen molar-refractivity contribution in [3.05, 3.63) is 34.9 Å². The van der Waals surface area contributed by atoms with E-state index in [-0.39, 0.29) is 0 Å². The first-order valence-electron chi connectivity index (χ1n) is 7.31. The fourth-order valence-corrected chi connectivity index (χ4v) is 2.38. The van der Waals surface area contributed by atoms with E-state index in [0.717, 1.165) is 24.7 Å². The highest BCUT2D eigenvalue weighted by Gasteiger charge is 2.11. The van der Waals surface area contributed by atoms with Gasteiger partial charge in [0.05, 0.1) is 0 Å². The highest BCUT2D eigenvalue weighted by Crippen LogP contribution is 2.22. The first kappa shape index (κ1) is 16.5. The van der Waals surface area contributed by atoms with Crippen LogP contribution in [0.15, 0.2) is 24.3 Å². The van der Waals surface area contributed by atoms with Gasteiger partial charge in [-0.2, -0.15) is 0 Å². The summed E-state index contributed by atoms with van der Waals surface area (Å²) in [7, 11) is 2.19. The highest BCUT2D eigenvalue weighted by atomic mass is 35.5. The third-order valence-electron chi connectivity index (χ3n) is 3.61. The van der Waals surface area contributed by atoms with Gasteiger partial charge in [-0.05, 0) is 64.1 Å². The lowest BCUT2D eigenvalue weighted by molar-refractivity contribution is 0.255. The third-order valence-corrected chi connectivity index (χ3v) is 3.84. The van der Waals surface area contributed by atoms with Crippen LogP contribution < -0.4 is 5.32 Å². The van der Waals surface area contributed by atoms with Gasteiger partial charge in [0.1, 0.15) is 0 Å². The van der Waals surface area contributed by atoms with Gasteiger partial charge in [-0.15, -0.1) is 0 Å². The largest absolute Gasteiger partial charge is 0.317 e. The molecule has 0 saturated carbocycles. The van der Waals surface area contributed by atoms with Gasteiger partial charge in [0.2, 0.25) is 0 Å². The van der Waals surface area contributed by atoms with Crippen molar-refractivity contribution in [1.82, 2.24) is 10.2 Å². The van der Waals surface area contributed by atoms with Crippen molar-refractivity contribution in [2.45, 2.75) is 39.2 Å². The highest BCUT2D eigenvalue weighted by molar-refractivity contribution is 6.30. The van der Waals surface area contributed by atoms with Crippen molar-refractivity contribution >= 4 is 11.6 Å². The summed E-state index contributed by atoms with van der Waals surface area (Å²) >= 11 is 6.04. The van der Waals surface area contributed by atoms with Crippen molar-refractivity contribution in [3.63, 3.8) is 0 Å². The lowest BCUT2D eigenvalue weighted by Gasteiger charge is -2.25. The SMILES string of the molecule is CCNCCCCCN(C)C(C)c1cccc(Cl)c1. The molecule has 19 heavy (non-hydrogen) atoms. The van der Waals surface area contributed by atoms with Crippen LogP contribution in [0.25, 0.3) is 0 Å². The average Bonchev–Trinajstić information content (AvgIpc) is 2.41. The minimum absolute atomic E-state index is 0.424. The third kappa shape index (κ3) is 6.42. The maximum absolute atomic E-state index is 6.04. The molecule has 0 heterocycles. The Morgan fingerprint density at radius 2 is 2.05 bits per heavy atom. The molecule has 2 nitrogen and oxygen atoms in total. The molecule has 0 aliphatic heterocycles. The van der Waals surface area contributed by atoms with E-state index in [2.05, 4.69) is 43.2 Å². The van der Waals surface area contributed by atoms with Crippen molar-refractivity contribution < 1.29 is 0 Å². The molecule has 1 aromatic carbocycles. The van der Waals surface area contributed by atoms with E-state index in [9.17, 15) is 0 Å². The number of nitrogens with zero attached hydrogens (tertiary/aromatic N) is 1. The van der Waals surface area contributed by atoms with Gasteiger partial charge in [-0.25, -0.2) is 0 Å². The normalized spacial score (nSPS) is 12.9. The minimum atomic E-state index is 0.424. The number of benzene rings is 1. The Kier molecular flexibility index (Phi) is 8.11. The van der Waals surface area contributed by atoms with Crippen molar-refractivity contribution in [3.8, 4) is 0 Å². The monoisotopic (exact) mass is 282 g/mol. The number of rotatable bonds is 9. The van der Waals surface area contributed by atoms with Gasteiger partial charge in [-0.1, -0.05) is 37.1 Å². The molecule has 1 atom stereocenters. The lowest BCUT2D eigenvalue weighted by atomic mass is 10.1. The predicted molar refractivity (Wildman–Crippen MR) is 84.9 cm³/mol. The molecule has 0 fully saturated rings. The van der Waals surface area contributed by atoms with Gasteiger partial charge < -0.3 is 5.32 Å². The zero-order valence-corrected chi connectivity index (χ0v) is 13.2. The van der Waals surface area contributed by atoms with Gasteiger partial charge in [0.25, 0.3) is 0 Å². The summed E-state index contributed by atoms with van der Waals surface area (Å²) in [5.41, 5.74) is 1.29. The van der Waals surface area contributed by atoms with Gasteiger partial charge in [0, 0.05) is 11.1 Å². The maximum Gasteiger partial charge on any atom is 0.0409 e. The molecule has 0 aromatic heterocycles. The van der Waals surface area contributed by atoms with Crippen LogP contribution in [0.1, 0.15) is 44.7 Å². The first-order chi connectivity index (χ1) is 9.15.